The average Bonchev–Trinajstić information content (AvgIpc) is 2.42. The highest BCUT2D eigenvalue weighted by Crippen LogP contribution is 2.29. The van der Waals surface area contributed by atoms with E-state index in [4.69, 9.17) is 5.84 Å². The zero-order valence-corrected chi connectivity index (χ0v) is 12.2. The van der Waals surface area contributed by atoms with E-state index in [0.717, 1.165) is 16.2 Å². The van der Waals surface area contributed by atoms with E-state index in [-0.39, 0.29) is 0 Å². The van der Waals surface area contributed by atoms with Crippen molar-refractivity contribution in [1.29, 1.82) is 0 Å². The Bertz CT molecular complexity index is 390. The number of rotatable bonds is 4. The molecule has 1 heterocycles. The minimum Gasteiger partial charge on any atom is -0.366 e. The maximum atomic E-state index is 5.32. The predicted octanol–water partition coefficient (Wildman–Crippen LogP) is 2.91. The topological polar surface area (TPSA) is 75.9 Å². The molecular formula is C12H20BrN5. The van der Waals surface area contributed by atoms with Crippen LogP contribution >= 0.6 is 15.9 Å². The minimum atomic E-state index is 0.433. The normalized spacial score (nSPS) is 23.7. The molecule has 0 spiro atoms. The third-order valence-corrected chi connectivity index (χ3v) is 4.22. The van der Waals surface area contributed by atoms with Gasteiger partial charge in [0.05, 0.1) is 4.47 Å². The number of hydrogen-bond acceptors (Lipinski definition) is 5. The van der Waals surface area contributed by atoms with E-state index in [0.29, 0.717) is 12.0 Å². The highest BCUT2D eigenvalue weighted by molar-refractivity contribution is 9.10. The fourth-order valence-corrected chi connectivity index (χ4v) is 2.75. The summed E-state index contributed by atoms with van der Waals surface area (Å²) in [7, 11) is 0. The van der Waals surface area contributed by atoms with E-state index in [9.17, 15) is 0 Å². The number of hydrogen-bond donors (Lipinski definition) is 3. The van der Waals surface area contributed by atoms with Crippen molar-refractivity contribution in [2.45, 2.75) is 45.1 Å². The first-order chi connectivity index (χ1) is 8.72. The molecule has 1 aromatic heterocycles. The Hall–Kier alpha value is -0.880. The van der Waals surface area contributed by atoms with Gasteiger partial charge in [0.25, 0.3) is 0 Å². The van der Waals surface area contributed by atoms with Crippen molar-refractivity contribution in [1.82, 2.24) is 9.97 Å². The zero-order chi connectivity index (χ0) is 13.0. The first-order valence-corrected chi connectivity index (χ1v) is 7.28. The summed E-state index contributed by atoms with van der Waals surface area (Å²) in [5.41, 5.74) is 2.46. The van der Waals surface area contributed by atoms with Crippen LogP contribution in [-0.2, 0) is 0 Å². The van der Waals surface area contributed by atoms with Crippen molar-refractivity contribution >= 4 is 27.7 Å². The molecule has 0 saturated heterocycles. The van der Waals surface area contributed by atoms with Gasteiger partial charge in [-0.1, -0.05) is 13.3 Å². The molecule has 2 rings (SSSR count). The van der Waals surface area contributed by atoms with Gasteiger partial charge in [-0.05, 0) is 47.5 Å². The van der Waals surface area contributed by atoms with Crippen LogP contribution in [0.4, 0.5) is 11.8 Å². The predicted molar refractivity (Wildman–Crippen MR) is 77.2 cm³/mol. The molecular weight excluding hydrogens is 294 g/mol. The Morgan fingerprint density at radius 2 is 2.11 bits per heavy atom. The molecule has 0 bridgehead atoms. The standard InChI is InChI=1S/C12H20BrN5/c1-2-8-3-5-9(6-4-8)16-11-10(13)7-15-12(17-11)18-14/h7-9H,2-6,14H2,1H3,(H2,15,16,17,18). The average molecular weight is 314 g/mol. The summed E-state index contributed by atoms with van der Waals surface area (Å²) in [4.78, 5) is 8.36. The number of hydrazine groups is 1. The van der Waals surface area contributed by atoms with Gasteiger partial charge in [0, 0.05) is 12.2 Å². The van der Waals surface area contributed by atoms with Crippen molar-refractivity contribution in [3.8, 4) is 0 Å². The maximum absolute atomic E-state index is 5.32. The van der Waals surface area contributed by atoms with Crippen LogP contribution in [0.1, 0.15) is 39.0 Å². The molecule has 0 radical (unpaired) electrons. The van der Waals surface area contributed by atoms with Gasteiger partial charge in [0.2, 0.25) is 5.95 Å². The molecule has 1 saturated carbocycles. The monoisotopic (exact) mass is 313 g/mol. The second kappa shape index (κ2) is 6.33. The van der Waals surface area contributed by atoms with Crippen molar-refractivity contribution < 1.29 is 0 Å². The summed E-state index contributed by atoms with van der Waals surface area (Å²) in [6.45, 7) is 2.28. The second-order valence-electron chi connectivity index (χ2n) is 4.80. The van der Waals surface area contributed by atoms with Crippen LogP contribution in [-0.4, -0.2) is 16.0 Å². The van der Waals surface area contributed by atoms with E-state index >= 15 is 0 Å². The maximum Gasteiger partial charge on any atom is 0.239 e. The molecule has 0 aromatic carbocycles. The zero-order valence-electron chi connectivity index (χ0n) is 10.6. The van der Waals surface area contributed by atoms with Gasteiger partial charge in [-0.15, -0.1) is 0 Å². The molecule has 0 unspecified atom stereocenters. The van der Waals surface area contributed by atoms with Crippen LogP contribution in [0.5, 0.6) is 0 Å². The van der Waals surface area contributed by atoms with Crippen molar-refractivity contribution in [2.75, 3.05) is 10.7 Å². The fourth-order valence-electron chi connectivity index (χ4n) is 2.45. The lowest BCUT2D eigenvalue weighted by Gasteiger charge is -2.29. The molecule has 1 aliphatic rings. The molecule has 0 amide bonds. The Morgan fingerprint density at radius 1 is 1.39 bits per heavy atom. The van der Waals surface area contributed by atoms with Crippen LogP contribution in [0.25, 0.3) is 0 Å². The number of nitrogens with one attached hydrogen (secondary N) is 2. The summed E-state index contributed by atoms with van der Waals surface area (Å²) in [6.07, 6.45) is 8.03. The van der Waals surface area contributed by atoms with Gasteiger partial charge < -0.3 is 5.32 Å². The van der Waals surface area contributed by atoms with Crippen LogP contribution in [0.3, 0.4) is 0 Å². The van der Waals surface area contributed by atoms with Gasteiger partial charge in [0.1, 0.15) is 5.82 Å². The Balaban J connectivity index is 1.97. The van der Waals surface area contributed by atoms with Gasteiger partial charge in [-0.3, -0.25) is 5.43 Å². The lowest BCUT2D eigenvalue weighted by atomic mass is 9.84. The molecule has 4 N–H and O–H groups in total. The molecule has 5 nitrogen and oxygen atoms in total. The van der Waals surface area contributed by atoms with E-state index in [1.807, 2.05) is 0 Å². The molecule has 6 heteroatoms. The smallest absolute Gasteiger partial charge is 0.239 e. The SMILES string of the molecule is CCC1CCC(Nc2nc(NN)ncc2Br)CC1. The Labute approximate surface area is 116 Å². The van der Waals surface area contributed by atoms with E-state index in [1.165, 1.54) is 32.1 Å². The van der Waals surface area contributed by atoms with Crippen LogP contribution in [0, 0.1) is 5.92 Å². The summed E-state index contributed by atoms with van der Waals surface area (Å²) < 4.78 is 0.874. The van der Waals surface area contributed by atoms with E-state index in [1.54, 1.807) is 6.20 Å². The first-order valence-electron chi connectivity index (χ1n) is 6.48. The van der Waals surface area contributed by atoms with Crippen molar-refractivity contribution in [2.24, 2.45) is 11.8 Å². The van der Waals surface area contributed by atoms with Gasteiger partial charge in [-0.25, -0.2) is 10.8 Å². The third kappa shape index (κ3) is 3.32. The molecule has 1 fully saturated rings. The molecule has 0 aliphatic heterocycles. The highest BCUT2D eigenvalue weighted by atomic mass is 79.9. The third-order valence-electron chi connectivity index (χ3n) is 3.64. The van der Waals surface area contributed by atoms with Crippen LogP contribution in [0.2, 0.25) is 0 Å². The van der Waals surface area contributed by atoms with Gasteiger partial charge in [-0.2, -0.15) is 4.98 Å². The van der Waals surface area contributed by atoms with E-state index in [2.05, 4.69) is 43.6 Å². The fraction of sp³-hybridized carbons (Fsp3) is 0.667. The van der Waals surface area contributed by atoms with Crippen LogP contribution in [0.15, 0.2) is 10.7 Å². The number of nitrogens with zero attached hydrogens (tertiary/aromatic N) is 2. The second-order valence-corrected chi connectivity index (χ2v) is 5.66. The van der Waals surface area contributed by atoms with Gasteiger partial charge in [0.15, 0.2) is 0 Å². The summed E-state index contributed by atoms with van der Waals surface area (Å²) >= 11 is 3.46. The molecule has 1 aliphatic carbocycles. The molecule has 100 valence electrons. The number of nitrogen functional groups attached to an aromatic ring is 1. The lowest BCUT2D eigenvalue weighted by Crippen LogP contribution is -2.26. The van der Waals surface area contributed by atoms with Gasteiger partial charge >= 0.3 is 0 Å². The molecule has 0 atom stereocenters. The summed E-state index contributed by atoms with van der Waals surface area (Å²) in [5, 5.41) is 3.47. The molecule has 18 heavy (non-hydrogen) atoms. The first kappa shape index (κ1) is 13.5. The summed E-state index contributed by atoms with van der Waals surface area (Å²) in [5.74, 6) is 7.47. The summed E-state index contributed by atoms with van der Waals surface area (Å²) in [6, 6.07) is 0.504. The highest BCUT2D eigenvalue weighted by Gasteiger charge is 2.20. The number of halogens is 1. The Morgan fingerprint density at radius 3 is 2.72 bits per heavy atom. The van der Waals surface area contributed by atoms with Crippen molar-refractivity contribution in [3.05, 3.63) is 10.7 Å². The quantitative estimate of drug-likeness (QED) is 0.588. The van der Waals surface area contributed by atoms with Crippen molar-refractivity contribution in [3.63, 3.8) is 0 Å². The number of nitrogens with two attached hydrogens (primary N) is 1. The Kier molecular flexibility index (Phi) is 4.77. The van der Waals surface area contributed by atoms with Crippen LogP contribution < -0.4 is 16.6 Å². The lowest BCUT2D eigenvalue weighted by molar-refractivity contribution is 0.330. The van der Waals surface area contributed by atoms with E-state index < -0.39 is 0 Å². The minimum absolute atomic E-state index is 0.433. The number of aromatic nitrogens is 2. The largest absolute Gasteiger partial charge is 0.366 e. The number of anilines is 2. The molecule has 1 aromatic rings.